The van der Waals surface area contributed by atoms with Gasteiger partial charge in [0.1, 0.15) is 0 Å². The van der Waals surface area contributed by atoms with Crippen molar-refractivity contribution in [3.05, 3.63) is 29.8 Å². The average Bonchev–Trinajstić information content (AvgIpc) is 2.45. The molecule has 0 heterocycles. The molecule has 0 saturated heterocycles. The Balaban J connectivity index is 2.79. The van der Waals surface area contributed by atoms with Crippen LogP contribution in [-0.4, -0.2) is 43.0 Å². The lowest BCUT2D eigenvalue weighted by atomic mass is 9.93. The van der Waals surface area contributed by atoms with Gasteiger partial charge in [0.25, 0.3) is 5.91 Å². The summed E-state index contributed by atoms with van der Waals surface area (Å²) in [4.78, 5) is 25.9. The van der Waals surface area contributed by atoms with Crippen LogP contribution in [0.5, 0.6) is 0 Å². The second kappa shape index (κ2) is 7.97. The number of benzene rings is 1. The number of amides is 3. The molecule has 0 fully saturated rings. The molecule has 0 saturated carbocycles. The van der Waals surface area contributed by atoms with E-state index in [0.717, 1.165) is 0 Å². The smallest absolute Gasteiger partial charge is 0.319 e. The van der Waals surface area contributed by atoms with E-state index in [1.54, 1.807) is 36.2 Å². The molecule has 0 aliphatic heterocycles. The van der Waals surface area contributed by atoms with Crippen molar-refractivity contribution >= 4 is 17.6 Å². The van der Waals surface area contributed by atoms with Gasteiger partial charge in [-0.05, 0) is 44.0 Å². The van der Waals surface area contributed by atoms with E-state index in [0.29, 0.717) is 24.3 Å². The fraction of sp³-hybridized carbons (Fsp3) is 0.529. The Labute approximate surface area is 138 Å². The molecule has 1 aromatic rings. The van der Waals surface area contributed by atoms with Gasteiger partial charge in [-0.25, -0.2) is 4.79 Å². The molecule has 128 valence electrons. The molecular weight excluding hydrogens is 292 g/mol. The average molecular weight is 320 g/mol. The Morgan fingerprint density at radius 3 is 2.52 bits per heavy atom. The van der Waals surface area contributed by atoms with Gasteiger partial charge in [0.2, 0.25) is 0 Å². The van der Waals surface area contributed by atoms with E-state index in [-0.39, 0.29) is 23.4 Å². The molecule has 6 nitrogen and oxygen atoms in total. The molecule has 0 spiro atoms. The summed E-state index contributed by atoms with van der Waals surface area (Å²) >= 11 is 0. The molecule has 4 N–H and O–H groups in total. The van der Waals surface area contributed by atoms with Crippen LogP contribution >= 0.6 is 0 Å². The molecule has 23 heavy (non-hydrogen) atoms. The lowest BCUT2D eigenvalue weighted by molar-refractivity contribution is 0.0740. The summed E-state index contributed by atoms with van der Waals surface area (Å²) in [5.41, 5.74) is 6.69. The van der Waals surface area contributed by atoms with Crippen LogP contribution in [0.2, 0.25) is 0 Å². The van der Waals surface area contributed by atoms with Gasteiger partial charge in [0.15, 0.2) is 0 Å². The van der Waals surface area contributed by atoms with E-state index < -0.39 is 0 Å². The molecule has 0 atom stereocenters. The van der Waals surface area contributed by atoms with Gasteiger partial charge in [0.05, 0.1) is 0 Å². The van der Waals surface area contributed by atoms with Crippen molar-refractivity contribution < 1.29 is 9.59 Å². The zero-order valence-corrected chi connectivity index (χ0v) is 14.6. The molecule has 0 bridgehead atoms. The van der Waals surface area contributed by atoms with Gasteiger partial charge in [-0.1, -0.05) is 19.9 Å². The quantitative estimate of drug-likeness (QED) is 0.751. The lowest BCUT2D eigenvalue weighted by Gasteiger charge is -2.29. The van der Waals surface area contributed by atoms with E-state index in [1.807, 2.05) is 27.7 Å². The number of nitrogens with two attached hydrogens (primary N) is 1. The lowest BCUT2D eigenvalue weighted by Crippen LogP contribution is -2.39. The van der Waals surface area contributed by atoms with Gasteiger partial charge in [-0.15, -0.1) is 0 Å². The maximum absolute atomic E-state index is 12.5. The van der Waals surface area contributed by atoms with Crippen LogP contribution in [-0.2, 0) is 0 Å². The third-order valence-electron chi connectivity index (χ3n) is 3.35. The number of nitrogens with one attached hydrogen (secondary N) is 2. The van der Waals surface area contributed by atoms with Crippen molar-refractivity contribution in [2.45, 2.75) is 33.7 Å². The predicted octanol–water partition coefficient (Wildman–Crippen LogP) is 2.27. The maximum Gasteiger partial charge on any atom is 0.319 e. The topological polar surface area (TPSA) is 87.5 Å². The number of carbonyl (C=O) groups is 2. The number of carbonyl (C=O) groups excluding carboxylic acids is 2. The zero-order valence-electron chi connectivity index (χ0n) is 14.6. The molecule has 0 aromatic heterocycles. The van der Waals surface area contributed by atoms with Crippen molar-refractivity contribution in [2.75, 3.05) is 25.5 Å². The number of hydrogen-bond donors (Lipinski definition) is 3. The normalized spacial score (nSPS) is 11.3. The fourth-order valence-corrected chi connectivity index (χ4v) is 2.16. The van der Waals surface area contributed by atoms with Crippen molar-refractivity contribution in [1.29, 1.82) is 0 Å². The number of hydrogen-bond acceptors (Lipinski definition) is 3. The second-order valence-corrected chi connectivity index (χ2v) is 6.86. The monoisotopic (exact) mass is 320 g/mol. The van der Waals surface area contributed by atoms with Crippen molar-refractivity contribution in [3.8, 4) is 0 Å². The molecule has 1 aromatic carbocycles. The highest BCUT2D eigenvalue weighted by Crippen LogP contribution is 2.17. The Morgan fingerprint density at radius 2 is 1.96 bits per heavy atom. The summed E-state index contributed by atoms with van der Waals surface area (Å²) in [5, 5.41) is 5.47. The molecule has 0 aliphatic carbocycles. The summed E-state index contributed by atoms with van der Waals surface area (Å²) in [7, 11) is 1.76. The van der Waals surface area contributed by atoms with Gasteiger partial charge in [0, 0.05) is 30.9 Å². The van der Waals surface area contributed by atoms with Gasteiger partial charge in [-0.2, -0.15) is 0 Å². The Kier molecular flexibility index (Phi) is 6.57. The standard InChI is InChI=1S/C17H28N4O2/c1-12(2)19-16(23)20-14-8-6-7-13(9-14)15(22)21(5)11-17(3,4)10-18/h6-9,12H,10-11,18H2,1-5H3,(H2,19,20,23). The second-order valence-electron chi connectivity index (χ2n) is 6.86. The highest BCUT2D eigenvalue weighted by atomic mass is 16.2. The van der Waals surface area contributed by atoms with E-state index in [4.69, 9.17) is 5.73 Å². The van der Waals surface area contributed by atoms with Crippen LogP contribution in [0.1, 0.15) is 38.1 Å². The molecular formula is C17H28N4O2. The first kappa shape index (κ1) is 19.0. The molecule has 0 unspecified atom stereocenters. The van der Waals surface area contributed by atoms with Crippen molar-refractivity contribution in [1.82, 2.24) is 10.2 Å². The highest BCUT2D eigenvalue weighted by molar-refractivity contribution is 5.96. The van der Waals surface area contributed by atoms with Crippen LogP contribution in [0.25, 0.3) is 0 Å². The van der Waals surface area contributed by atoms with E-state index in [9.17, 15) is 9.59 Å². The molecule has 0 radical (unpaired) electrons. The summed E-state index contributed by atoms with van der Waals surface area (Å²) in [6.07, 6.45) is 0. The SMILES string of the molecule is CC(C)NC(=O)Nc1cccc(C(=O)N(C)CC(C)(C)CN)c1. The predicted molar refractivity (Wildman–Crippen MR) is 93.5 cm³/mol. The molecule has 3 amide bonds. The molecule has 0 aliphatic rings. The zero-order chi connectivity index (χ0) is 17.6. The van der Waals surface area contributed by atoms with Crippen LogP contribution in [0.4, 0.5) is 10.5 Å². The number of nitrogens with zero attached hydrogens (tertiary/aromatic N) is 1. The number of anilines is 1. The van der Waals surface area contributed by atoms with Crippen molar-refractivity contribution in [3.63, 3.8) is 0 Å². The van der Waals surface area contributed by atoms with Crippen LogP contribution in [0.15, 0.2) is 24.3 Å². The van der Waals surface area contributed by atoms with E-state index in [2.05, 4.69) is 10.6 Å². The van der Waals surface area contributed by atoms with E-state index in [1.165, 1.54) is 0 Å². The minimum absolute atomic E-state index is 0.0458. The Hall–Kier alpha value is -2.08. The maximum atomic E-state index is 12.5. The summed E-state index contributed by atoms with van der Waals surface area (Å²) < 4.78 is 0. The van der Waals surface area contributed by atoms with Crippen LogP contribution < -0.4 is 16.4 Å². The van der Waals surface area contributed by atoms with Gasteiger partial charge < -0.3 is 21.3 Å². The fourth-order valence-electron chi connectivity index (χ4n) is 2.16. The summed E-state index contributed by atoms with van der Waals surface area (Å²) in [5.74, 6) is -0.0977. The largest absolute Gasteiger partial charge is 0.341 e. The number of rotatable bonds is 6. The summed E-state index contributed by atoms with van der Waals surface area (Å²) in [6.45, 7) is 8.87. The van der Waals surface area contributed by atoms with Gasteiger partial charge in [-0.3, -0.25) is 4.79 Å². The van der Waals surface area contributed by atoms with Gasteiger partial charge >= 0.3 is 6.03 Å². The highest BCUT2D eigenvalue weighted by Gasteiger charge is 2.22. The third kappa shape index (κ3) is 6.28. The van der Waals surface area contributed by atoms with E-state index >= 15 is 0 Å². The first-order chi connectivity index (χ1) is 10.6. The van der Waals surface area contributed by atoms with Crippen LogP contribution in [0.3, 0.4) is 0 Å². The molecule has 1 rings (SSSR count). The Bertz CT molecular complexity index is 555. The minimum atomic E-state index is -0.290. The molecule has 6 heteroatoms. The minimum Gasteiger partial charge on any atom is -0.341 e. The first-order valence-electron chi connectivity index (χ1n) is 7.78. The first-order valence-corrected chi connectivity index (χ1v) is 7.78. The van der Waals surface area contributed by atoms with Crippen LogP contribution in [0, 0.1) is 5.41 Å². The third-order valence-corrected chi connectivity index (χ3v) is 3.35. The summed E-state index contributed by atoms with van der Waals surface area (Å²) in [6, 6.07) is 6.67. The van der Waals surface area contributed by atoms with Crippen molar-refractivity contribution in [2.24, 2.45) is 11.1 Å². The Morgan fingerprint density at radius 1 is 1.30 bits per heavy atom. The number of urea groups is 1.